The van der Waals surface area contributed by atoms with E-state index in [1.807, 2.05) is 41.3 Å². The second kappa shape index (κ2) is 8.78. The highest BCUT2D eigenvalue weighted by Crippen LogP contribution is 2.40. The Labute approximate surface area is 178 Å². The first kappa shape index (κ1) is 20.3. The van der Waals surface area contributed by atoms with E-state index in [1.54, 1.807) is 0 Å². The first-order valence-corrected chi connectivity index (χ1v) is 10.9. The van der Waals surface area contributed by atoms with Gasteiger partial charge in [0.1, 0.15) is 11.9 Å². The molecule has 0 saturated carbocycles. The number of nitrogens with zero attached hydrogens (tertiary/aromatic N) is 1. The maximum absolute atomic E-state index is 13.4. The molecule has 0 spiro atoms. The van der Waals surface area contributed by atoms with Crippen molar-refractivity contribution in [2.24, 2.45) is 5.92 Å². The van der Waals surface area contributed by atoms with Gasteiger partial charge >= 0.3 is 0 Å². The first-order chi connectivity index (χ1) is 14.6. The van der Waals surface area contributed by atoms with Gasteiger partial charge in [-0.2, -0.15) is 0 Å². The molecule has 1 atom stereocenters. The molecular weight excluding hydrogens is 372 g/mol. The molecule has 0 aliphatic carbocycles. The fourth-order valence-electron chi connectivity index (χ4n) is 4.08. The van der Waals surface area contributed by atoms with Crippen molar-refractivity contribution in [1.82, 2.24) is 4.90 Å². The van der Waals surface area contributed by atoms with E-state index in [2.05, 4.69) is 50.4 Å². The lowest BCUT2D eigenvalue weighted by molar-refractivity contribution is 0.0682. The Hall–Kier alpha value is -3.01. The minimum atomic E-state index is -0.271. The van der Waals surface area contributed by atoms with Crippen LogP contribution >= 0.6 is 0 Å². The third kappa shape index (κ3) is 3.87. The average molecular weight is 403 g/mol. The molecule has 3 aromatic carbocycles. The van der Waals surface area contributed by atoms with Crippen LogP contribution in [-0.2, 0) is 0 Å². The topological polar surface area (TPSA) is 41.6 Å². The van der Waals surface area contributed by atoms with E-state index in [4.69, 9.17) is 4.74 Å². The number of nitrogens with one attached hydrogen (secondary N) is 1. The van der Waals surface area contributed by atoms with Crippen LogP contribution in [0.15, 0.2) is 60.7 Å². The van der Waals surface area contributed by atoms with Gasteiger partial charge < -0.3 is 15.0 Å². The van der Waals surface area contributed by atoms with Crippen molar-refractivity contribution >= 4 is 22.4 Å². The molecule has 1 N–H and O–H groups in total. The minimum Gasteiger partial charge on any atom is -0.493 e. The highest BCUT2D eigenvalue weighted by Gasteiger charge is 2.34. The van der Waals surface area contributed by atoms with Crippen LogP contribution in [0.3, 0.4) is 0 Å². The highest BCUT2D eigenvalue weighted by molar-refractivity contribution is 6.02. The lowest BCUT2D eigenvalue weighted by Gasteiger charge is -2.39. The van der Waals surface area contributed by atoms with Crippen LogP contribution in [0.1, 0.15) is 55.7 Å². The summed E-state index contributed by atoms with van der Waals surface area (Å²) >= 11 is 0. The van der Waals surface area contributed by atoms with Gasteiger partial charge in [-0.25, -0.2) is 0 Å². The van der Waals surface area contributed by atoms with E-state index in [9.17, 15) is 4.79 Å². The summed E-state index contributed by atoms with van der Waals surface area (Å²) in [5, 5.41) is 5.90. The second-order valence-corrected chi connectivity index (χ2v) is 8.32. The summed E-state index contributed by atoms with van der Waals surface area (Å²) in [4.78, 5) is 15.3. The van der Waals surface area contributed by atoms with Gasteiger partial charge in [-0.15, -0.1) is 0 Å². The minimum absolute atomic E-state index is 0.0669. The summed E-state index contributed by atoms with van der Waals surface area (Å²) in [5.41, 5.74) is 2.64. The number of ether oxygens (including phenoxy) is 1. The van der Waals surface area contributed by atoms with Crippen LogP contribution in [0, 0.1) is 5.92 Å². The summed E-state index contributed by atoms with van der Waals surface area (Å²) in [6.45, 7) is 7.85. The predicted molar refractivity (Wildman–Crippen MR) is 123 cm³/mol. The largest absolute Gasteiger partial charge is 0.493 e. The SMILES string of the molecule is CCCN1C(=O)c2ccccc2NC1c1c(OCCC(C)C)ccc2ccccc12. The maximum atomic E-state index is 13.4. The van der Waals surface area contributed by atoms with Gasteiger partial charge in [0.15, 0.2) is 0 Å². The fraction of sp³-hybridized carbons (Fsp3) is 0.346. The molecule has 3 aromatic rings. The van der Waals surface area contributed by atoms with Gasteiger partial charge in [0, 0.05) is 17.8 Å². The van der Waals surface area contributed by atoms with Crippen molar-refractivity contribution < 1.29 is 9.53 Å². The molecule has 30 heavy (non-hydrogen) atoms. The molecular formula is C26H30N2O2. The van der Waals surface area contributed by atoms with Gasteiger partial charge in [0.25, 0.3) is 5.91 Å². The fourth-order valence-corrected chi connectivity index (χ4v) is 4.08. The molecule has 1 unspecified atom stereocenters. The summed E-state index contributed by atoms with van der Waals surface area (Å²) in [7, 11) is 0. The lowest BCUT2D eigenvalue weighted by atomic mass is 9.97. The molecule has 4 nitrogen and oxygen atoms in total. The van der Waals surface area contributed by atoms with Crippen molar-refractivity contribution in [2.75, 3.05) is 18.5 Å². The Morgan fingerprint density at radius 2 is 1.80 bits per heavy atom. The Balaban J connectivity index is 1.84. The van der Waals surface area contributed by atoms with E-state index in [0.717, 1.165) is 46.2 Å². The van der Waals surface area contributed by atoms with Crippen molar-refractivity contribution in [3.63, 3.8) is 0 Å². The molecule has 1 amide bonds. The Morgan fingerprint density at radius 1 is 1.03 bits per heavy atom. The van der Waals surface area contributed by atoms with Crippen LogP contribution in [0.2, 0.25) is 0 Å². The predicted octanol–water partition coefficient (Wildman–Crippen LogP) is 6.24. The molecule has 4 heteroatoms. The Kier molecular flexibility index (Phi) is 5.93. The summed E-state index contributed by atoms with van der Waals surface area (Å²) < 4.78 is 6.28. The number of rotatable bonds is 7. The van der Waals surface area contributed by atoms with Crippen molar-refractivity contribution in [2.45, 2.75) is 39.8 Å². The monoisotopic (exact) mass is 402 g/mol. The Morgan fingerprint density at radius 3 is 2.60 bits per heavy atom. The third-order valence-corrected chi connectivity index (χ3v) is 5.64. The number of hydrogen-bond acceptors (Lipinski definition) is 3. The number of hydrogen-bond donors (Lipinski definition) is 1. The second-order valence-electron chi connectivity index (χ2n) is 8.32. The van der Waals surface area contributed by atoms with Gasteiger partial charge in [-0.3, -0.25) is 4.79 Å². The molecule has 1 aliphatic rings. The first-order valence-electron chi connectivity index (χ1n) is 10.9. The van der Waals surface area contributed by atoms with E-state index < -0.39 is 0 Å². The molecule has 0 aromatic heterocycles. The average Bonchev–Trinajstić information content (AvgIpc) is 2.75. The molecule has 0 bridgehead atoms. The molecule has 0 saturated heterocycles. The summed E-state index contributed by atoms with van der Waals surface area (Å²) in [6, 6.07) is 20.2. The van der Waals surface area contributed by atoms with Gasteiger partial charge in [-0.1, -0.05) is 63.2 Å². The number of carbonyl (C=O) groups excluding carboxylic acids is 1. The van der Waals surface area contributed by atoms with E-state index >= 15 is 0 Å². The van der Waals surface area contributed by atoms with Crippen molar-refractivity contribution in [3.05, 3.63) is 71.8 Å². The number of fused-ring (bicyclic) bond motifs is 2. The molecule has 4 rings (SSSR count). The summed E-state index contributed by atoms with van der Waals surface area (Å²) in [6.07, 6.45) is 1.61. The van der Waals surface area contributed by atoms with Crippen LogP contribution in [0.4, 0.5) is 5.69 Å². The molecule has 1 heterocycles. The molecule has 0 radical (unpaired) electrons. The zero-order valence-electron chi connectivity index (χ0n) is 18.0. The smallest absolute Gasteiger partial charge is 0.257 e. The summed E-state index contributed by atoms with van der Waals surface area (Å²) in [5.74, 6) is 1.49. The number of carbonyl (C=O) groups is 1. The maximum Gasteiger partial charge on any atom is 0.257 e. The standard InChI is InChI=1S/C26H30N2O2/c1-4-16-28-25(27-22-12-8-7-11-21(22)26(28)29)24-20-10-6-5-9-19(20)13-14-23(24)30-17-15-18(2)3/h5-14,18,25,27H,4,15-17H2,1-3H3. The Bertz CT molecular complexity index is 1040. The van der Waals surface area contributed by atoms with Crippen LogP contribution in [0.5, 0.6) is 5.75 Å². The van der Waals surface area contributed by atoms with Gasteiger partial charge in [-0.05, 0) is 47.7 Å². The highest BCUT2D eigenvalue weighted by atomic mass is 16.5. The van der Waals surface area contributed by atoms with E-state index in [0.29, 0.717) is 19.1 Å². The van der Waals surface area contributed by atoms with Crippen LogP contribution in [0.25, 0.3) is 10.8 Å². The molecule has 156 valence electrons. The quantitative estimate of drug-likeness (QED) is 0.508. The van der Waals surface area contributed by atoms with Gasteiger partial charge in [0.05, 0.1) is 12.2 Å². The van der Waals surface area contributed by atoms with Crippen LogP contribution < -0.4 is 10.1 Å². The number of anilines is 1. The number of para-hydroxylation sites is 1. The molecule has 0 fully saturated rings. The number of benzene rings is 3. The van der Waals surface area contributed by atoms with Crippen LogP contribution in [-0.4, -0.2) is 24.0 Å². The third-order valence-electron chi connectivity index (χ3n) is 5.64. The van der Waals surface area contributed by atoms with E-state index in [-0.39, 0.29) is 12.1 Å². The zero-order valence-corrected chi connectivity index (χ0v) is 18.0. The zero-order chi connectivity index (χ0) is 21.1. The van der Waals surface area contributed by atoms with Crippen molar-refractivity contribution in [3.8, 4) is 5.75 Å². The normalized spacial score (nSPS) is 15.9. The lowest BCUT2D eigenvalue weighted by Crippen LogP contribution is -2.43. The van der Waals surface area contributed by atoms with E-state index in [1.165, 1.54) is 0 Å². The van der Waals surface area contributed by atoms with Crippen molar-refractivity contribution in [1.29, 1.82) is 0 Å². The van der Waals surface area contributed by atoms with Gasteiger partial charge in [0.2, 0.25) is 0 Å². The molecule has 1 aliphatic heterocycles. The number of amides is 1.